The zero-order valence-corrected chi connectivity index (χ0v) is 14.1. The van der Waals surface area contributed by atoms with Gasteiger partial charge in [0.15, 0.2) is 5.16 Å². The third kappa shape index (κ3) is 2.31. The second kappa shape index (κ2) is 5.28. The molecule has 0 N–H and O–H groups in total. The second-order valence-electron chi connectivity index (χ2n) is 5.32. The van der Waals surface area contributed by atoms with Crippen LogP contribution in [0.2, 0.25) is 0 Å². The van der Waals surface area contributed by atoms with Crippen molar-refractivity contribution in [2.45, 2.75) is 19.0 Å². The lowest BCUT2D eigenvalue weighted by atomic mass is 10.1. The number of aromatic nitrogens is 2. The molecule has 4 rings (SSSR count). The van der Waals surface area contributed by atoms with Crippen molar-refractivity contribution in [3.05, 3.63) is 56.4 Å². The first kappa shape index (κ1) is 14.6. The summed E-state index contributed by atoms with van der Waals surface area (Å²) in [6.45, 7) is 3.93. The van der Waals surface area contributed by atoms with E-state index >= 15 is 0 Å². The molecule has 2 aromatic heterocycles. The van der Waals surface area contributed by atoms with Gasteiger partial charge in [0.05, 0.1) is 11.1 Å². The number of thioether (sulfide) groups is 1. The quantitative estimate of drug-likeness (QED) is 0.634. The van der Waals surface area contributed by atoms with Gasteiger partial charge in [0.1, 0.15) is 10.6 Å². The highest BCUT2D eigenvalue weighted by molar-refractivity contribution is 7.99. The van der Waals surface area contributed by atoms with Crippen LogP contribution in [0.15, 0.2) is 39.3 Å². The second-order valence-corrected chi connectivity index (χ2v) is 7.46. The number of aryl methyl sites for hydroxylation is 2. The van der Waals surface area contributed by atoms with Crippen LogP contribution in [0, 0.1) is 19.7 Å². The molecule has 0 bridgehead atoms. The lowest BCUT2D eigenvalue weighted by Gasteiger charge is -2.15. The van der Waals surface area contributed by atoms with Crippen LogP contribution in [0.4, 0.5) is 4.39 Å². The molecule has 23 heavy (non-hydrogen) atoms. The summed E-state index contributed by atoms with van der Waals surface area (Å²) in [6.07, 6.45) is 0. The van der Waals surface area contributed by atoms with E-state index in [1.165, 1.54) is 39.9 Å². The molecule has 1 aliphatic heterocycles. The highest BCUT2D eigenvalue weighted by Crippen LogP contribution is 2.30. The van der Waals surface area contributed by atoms with E-state index in [1.54, 1.807) is 12.1 Å². The molecule has 0 fully saturated rings. The molecule has 0 aliphatic carbocycles. The molecule has 0 saturated carbocycles. The first-order valence-corrected chi connectivity index (χ1v) is 8.84. The summed E-state index contributed by atoms with van der Waals surface area (Å²) in [7, 11) is 0. The molecule has 7 heteroatoms. The maximum Gasteiger partial charge on any atom is 0.283 e. The highest BCUT2D eigenvalue weighted by Gasteiger charge is 2.21. The van der Waals surface area contributed by atoms with E-state index in [1.807, 2.05) is 13.8 Å². The fraction of sp³-hybridized carbons (Fsp3) is 0.188. The summed E-state index contributed by atoms with van der Waals surface area (Å²) in [6, 6.07) is 6.15. The van der Waals surface area contributed by atoms with E-state index in [0.29, 0.717) is 16.3 Å². The van der Waals surface area contributed by atoms with Crippen LogP contribution < -0.4 is 5.56 Å². The monoisotopic (exact) mass is 345 g/mol. The van der Waals surface area contributed by atoms with Crippen LogP contribution in [0.3, 0.4) is 0 Å². The average Bonchev–Trinajstić information content (AvgIpc) is 2.83. The first-order chi connectivity index (χ1) is 11.0. The van der Waals surface area contributed by atoms with E-state index in [-0.39, 0.29) is 11.4 Å². The van der Waals surface area contributed by atoms with E-state index in [4.69, 9.17) is 0 Å². The van der Waals surface area contributed by atoms with E-state index < -0.39 is 0 Å². The van der Waals surface area contributed by atoms with Gasteiger partial charge >= 0.3 is 0 Å². The molecular weight excluding hydrogens is 333 g/mol. The number of thiophene rings is 1. The lowest BCUT2D eigenvalue weighted by Crippen LogP contribution is -2.25. The Hall–Kier alpha value is -1.99. The minimum Gasteiger partial charge on any atom is -0.267 e. The molecule has 0 unspecified atom stereocenters. The number of fused-ring (bicyclic) bond motifs is 2. The maximum absolute atomic E-state index is 13.1. The normalized spacial score (nSPS) is 14.0. The van der Waals surface area contributed by atoms with Crippen LogP contribution in [0.25, 0.3) is 10.2 Å². The first-order valence-electron chi connectivity index (χ1n) is 7.04. The highest BCUT2D eigenvalue weighted by atomic mass is 32.2. The number of hydrogen-bond donors (Lipinski definition) is 0. The van der Waals surface area contributed by atoms with Crippen molar-refractivity contribution >= 4 is 39.0 Å². The molecular formula is C16H12FN3OS2. The Labute approximate surface area is 139 Å². The average molecular weight is 345 g/mol. The van der Waals surface area contributed by atoms with Crippen molar-refractivity contribution in [3.63, 3.8) is 0 Å². The topological polar surface area (TPSA) is 47.2 Å². The minimum atomic E-state index is -0.289. The van der Waals surface area contributed by atoms with Gasteiger partial charge in [-0.2, -0.15) is 9.78 Å². The number of hydrogen-bond acceptors (Lipinski definition) is 5. The summed E-state index contributed by atoms with van der Waals surface area (Å²) in [5.74, 6) is 0.315. The van der Waals surface area contributed by atoms with Crippen molar-refractivity contribution in [1.82, 2.24) is 9.66 Å². The predicted molar refractivity (Wildman–Crippen MR) is 92.4 cm³/mol. The van der Waals surface area contributed by atoms with Gasteiger partial charge in [-0.15, -0.1) is 11.3 Å². The number of rotatable bonds is 1. The smallest absolute Gasteiger partial charge is 0.267 e. The summed E-state index contributed by atoms with van der Waals surface area (Å²) in [4.78, 5) is 19.2. The molecule has 4 nitrogen and oxygen atoms in total. The zero-order chi connectivity index (χ0) is 16.1. The molecule has 3 heterocycles. The van der Waals surface area contributed by atoms with Crippen molar-refractivity contribution < 1.29 is 4.39 Å². The largest absolute Gasteiger partial charge is 0.283 e. The van der Waals surface area contributed by atoms with Gasteiger partial charge in [0.2, 0.25) is 0 Å². The van der Waals surface area contributed by atoms with Crippen molar-refractivity contribution in [2.75, 3.05) is 5.75 Å². The Kier molecular flexibility index (Phi) is 3.35. The van der Waals surface area contributed by atoms with E-state index in [0.717, 1.165) is 26.5 Å². The lowest BCUT2D eigenvalue weighted by molar-refractivity contribution is 0.627. The SMILES string of the molecule is Cc1sc2nc3n(c(=O)c2c1C)N=C(c1ccc(F)cc1)CS3. The van der Waals surface area contributed by atoms with Gasteiger partial charge in [-0.05, 0) is 37.1 Å². The zero-order valence-electron chi connectivity index (χ0n) is 12.5. The van der Waals surface area contributed by atoms with Gasteiger partial charge in [-0.25, -0.2) is 9.37 Å². The Morgan fingerprint density at radius 1 is 1.22 bits per heavy atom. The third-order valence-electron chi connectivity index (χ3n) is 3.89. The summed E-state index contributed by atoms with van der Waals surface area (Å²) >= 11 is 3.01. The minimum absolute atomic E-state index is 0.140. The Bertz CT molecular complexity index is 1020. The van der Waals surface area contributed by atoms with Gasteiger partial charge in [0.25, 0.3) is 5.56 Å². The van der Waals surface area contributed by atoms with Crippen molar-refractivity contribution in [1.29, 1.82) is 0 Å². The molecule has 0 atom stereocenters. The molecule has 116 valence electrons. The number of halogens is 1. The maximum atomic E-state index is 13.1. The summed E-state index contributed by atoms with van der Waals surface area (Å²) in [5, 5.41) is 5.71. The Balaban J connectivity index is 1.93. The van der Waals surface area contributed by atoms with Crippen LogP contribution in [-0.4, -0.2) is 21.1 Å². The summed E-state index contributed by atoms with van der Waals surface area (Å²) < 4.78 is 14.4. The van der Waals surface area contributed by atoms with Gasteiger partial charge in [-0.3, -0.25) is 4.79 Å². The van der Waals surface area contributed by atoms with Crippen LogP contribution >= 0.6 is 23.1 Å². The Morgan fingerprint density at radius 3 is 2.70 bits per heavy atom. The van der Waals surface area contributed by atoms with E-state index in [9.17, 15) is 9.18 Å². The van der Waals surface area contributed by atoms with Gasteiger partial charge < -0.3 is 0 Å². The standard InChI is InChI=1S/C16H12FN3OS2/c1-8-9(2)23-14-13(8)15(21)20-16(18-14)22-7-12(19-20)10-3-5-11(17)6-4-10/h3-6H,7H2,1-2H3. The molecule has 0 amide bonds. The van der Waals surface area contributed by atoms with Crippen LogP contribution in [0.5, 0.6) is 0 Å². The predicted octanol–water partition coefficient (Wildman–Crippen LogP) is 3.57. The molecule has 0 saturated heterocycles. The fourth-order valence-corrected chi connectivity index (χ4v) is 4.48. The fourth-order valence-electron chi connectivity index (χ4n) is 2.51. The number of benzene rings is 1. The van der Waals surface area contributed by atoms with Gasteiger partial charge in [-0.1, -0.05) is 23.9 Å². The molecule has 1 aliphatic rings. The number of nitrogens with zero attached hydrogens (tertiary/aromatic N) is 3. The summed E-state index contributed by atoms with van der Waals surface area (Å²) in [5.41, 5.74) is 2.38. The van der Waals surface area contributed by atoms with E-state index in [2.05, 4.69) is 10.1 Å². The van der Waals surface area contributed by atoms with Crippen LogP contribution in [0.1, 0.15) is 16.0 Å². The van der Waals surface area contributed by atoms with Gasteiger partial charge in [0, 0.05) is 10.6 Å². The molecule has 0 radical (unpaired) electrons. The Morgan fingerprint density at radius 2 is 1.96 bits per heavy atom. The molecule has 3 aromatic rings. The molecule has 0 spiro atoms. The van der Waals surface area contributed by atoms with Crippen molar-refractivity contribution in [2.24, 2.45) is 5.10 Å². The molecule has 1 aromatic carbocycles. The third-order valence-corrected chi connectivity index (χ3v) is 5.93. The van der Waals surface area contributed by atoms with Crippen LogP contribution in [-0.2, 0) is 0 Å². The van der Waals surface area contributed by atoms with Crippen molar-refractivity contribution in [3.8, 4) is 0 Å².